The van der Waals surface area contributed by atoms with Gasteiger partial charge < -0.3 is 10.2 Å². The van der Waals surface area contributed by atoms with E-state index in [-0.39, 0.29) is 11.8 Å². The Labute approximate surface area is 133 Å². The highest BCUT2D eigenvalue weighted by molar-refractivity contribution is 5.78. The molecule has 0 fully saturated rings. The standard InChI is InChI=1S/C19H24N2O/c1-21(2)15-19(22)20-14-18(17-11-7-4-8-12-17)13-16-9-5-3-6-10-16/h3-12,18H,13-15H2,1-2H3,(H,20,22). The lowest BCUT2D eigenvalue weighted by Gasteiger charge is -2.19. The molecule has 0 saturated carbocycles. The number of carbonyl (C=O) groups excluding carboxylic acids is 1. The van der Waals surface area contributed by atoms with Gasteiger partial charge in [-0.3, -0.25) is 4.79 Å². The van der Waals surface area contributed by atoms with E-state index in [1.54, 1.807) is 0 Å². The van der Waals surface area contributed by atoms with Crippen LogP contribution in [-0.2, 0) is 11.2 Å². The van der Waals surface area contributed by atoms with Gasteiger partial charge in [0.05, 0.1) is 6.54 Å². The summed E-state index contributed by atoms with van der Waals surface area (Å²) in [5, 5.41) is 3.05. The quantitative estimate of drug-likeness (QED) is 0.852. The summed E-state index contributed by atoms with van der Waals surface area (Å²) >= 11 is 0. The first-order valence-corrected chi connectivity index (χ1v) is 7.65. The number of benzene rings is 2. The second-order valence-corrected chi connectivity index (χ2v) is 5.84. The summed E-state index contributed by atoms with van der Waals surface area (Å²) in [7, 11) is 3.80. The van der Waals surface area contributed by atoms with Crippen LogP contribution in [0.2, 0.25) is 0 Å². The SMILES string of the molecule is CN(C)CC(=O)NCC(Cc1ccccc1)c1ccccc1. The van der Waals surface area contributed by atoms with E-state index in [4.69, 9.17) is 0 Å². The Morgan fingerprint density at radius 3 is 2.18 bits per heavy atom. The third kappa shape index (κ3) is 5.34. The molecule has 0 aliphatic carbocycles. The molecular formula is C19H24N2O. The van der Waals surface area contributed by atoms with Crippen molar-refractivity contribution in [3.8, 4) is 0 Å². The fraction of sp³-hybridized carbons (Fsp3) is 0.316. The van der Waals surface area contributed by atoms with Crippen molar-refractivity contribution in [3.05, 3.63) is 71.8 Å². The van der Waals surface area contributed by atoms with E-state index in [0.717, 1.165) is 6.42 Å². The predicted molar refractivity (Wildman–Crippen MR) is 90.9 cm³/mol. The zero-order valence-electron chi connectivity index (χ0n) is 13.3. The van der Waals surface area contributed by atoms with E-state index in [0.29, 0.717) is 13.1 Å². The highest BCUT2D eigenvalue weighted by atomic mass is 16.1. The Hall–Kier alpha value is -2.13. The number of amides is 1. The minimum Gasteiger partial charge on any atom is -0.354 e. The third-order valence-corrected chi connectivity index (χ3v) is 3.60. The molecule has 1 atom stereocenters. The van der Waals surface area contributed by atoms with Crippen LogP contribution < -0.4 is 5.32 Å². The van der Waals surface area contributed by atoms with Gasteiger partial charge >= 0.3 is 0 Å². The van der Waals surface area contributed by atoms with Gasteiger partial charge in [-0.1, -0.05) is 60.7 Å². The van der Waals surface area contributed by atoms with Gasteiger partial charge in [-0.15, -0.1) is 0 Å². The van der Waals surface area contributed by atoms with E-state index < -0.39 is 0 Å². The number of carbonyl (C=O) groups is 1. The Kier molecular flexibility index (Phi) is 6.16. The van der Waals surface area contributed by atoms with Crippen molar-refractivity contribution < 1.29 is 4.79 Å². The van der Waals surface area contributed by atoms with Gasteiger partial charge in [0.25, 0.3) is 0 Å². The molecule has 1 unspecified atom stereocenters. The van der Waals surface area contributed by atoms with Crippen LogP contribution in [0.25, 0.3) is 0 Å². The summed E-state index contributed by atoms with van der Waals surface area (Å²) in [5.41, 5.74) is 2.55. The average molecular weight is 296 g/mol. The smallest absolute Gasteiger partial charge is 0.234 e. The van der Waals surface area contributed by atoms with Gasteiger partial charge in [0.2, 0.25) is 5.91 Å². The lowest BCUT2D eigenvalue weighted by atomic mass is 9.92. The van der Waals surface area contributed by atoms with Crippen LogP contribution >= 0.6 is 0 Å². The van der Waals surface area contributed by atoms with Crippen molar-refractivity contribution in [1.82, 2.24) is 10.2 Å². The fourth-order valence-electron chi connectivity index (χ4n) is 2.51. The first kappa shape index (κ1) is 16.2. The minimum atomic E-state index is 0.0685. The molecule has 0 aliphatic rings. The molecule has 116 valence electrons. The summed E-state index contributed by atoms with van der Waals surface area (Å²) in [4.78, 5) is 13.8. The summed E-state index contributed by atoms with van der Waals surface area (Å²) in [5.74, 6) is 0.355. The Balaban J connectivity index is 2.04. The van der Waals surface area contributed by atoms with Crippen LogP contribution in [0.3, 0.4) is 0 Å². The van der Waals surface area contributed by atoms with E-state index >= 15 is 0 Å². The van der Waals surface area contributed by atoms with Crippen LogP contribution in [0.1, 0.15) is 17.0 Å². The van der Waals surface area contributed by atoms with Gasteiger partial charge in [0.1, 0.15) is 0 Å². The highest BCUT2D eigenvalue weighted by Crippen LogP contribution is 2.20. The number of rotatable bonds is 7. The molecule has 3 heteroatoms. The molecule has 0 aliphatic heterocycles. The molecule has 22 heavy (non-hydrogen) atoms. The zero-order chi connectivity index (χ0) is 15.8. The Morgan fingerprint density at radius 1 is 1.00 bits per heavy atom. The second-order valence-electron chi connectivity index (χ2n) is 5.84. The summed E-state index contributed by atoms with van der Waals surface area (Å²) in [6, 6.07) is 20.8. The lowest BCUT2D eigenvalue weighted by Crippen LogP contribution is -2.36. The molecule has 3 nitrogen and oxygen atoms in total. The number of nitrogens with one attached hydrogen (secondary N) is 1. The Bertz CT molecular complexity index is 567. The monoisotopic (exact) mass is 296 g/mol. The van der Waals surface area contributed by atoms with Crippen molar-refractivity contribution >= 4 is 5.91 Å². The maximum Gasteiger partial charge on any atom is 0.234 e. The molecule has 1 amide bonds. The van der Waals surface area contributed by atoms with Gasteiger partial charge in [0, 0.05) is 12.5 Å². The van der Waals surface area contributed by atoms with Crippen molar-refractivity contribution in [3.63, 3.8) is 0 Å². The van der Waals surface area contributed by atoms with E-state index in [2.05, 4.69) is 53.8 Å². The molecule has 0 saturated heterocycles. The summed E-state index contributed by atoms with van der Waals surface area (Å²) in [6.45, 7) is 1.08. The maximum atomic E-state index is 11.9. The van der Waals surface area contributed by atoms with Crippen molar-refractivity contribution in [2.45, 2.75) is 12.3 Å². The molecule has 0 heterocycles. The second kappa shape index (κ2) is 8.35. The molecule has 0 aromatic heterocycles. The number of likely N-dealkylation sites (N-methyl/N-ethyl adjacent to an activating group) is 1. The molecule has 0 spiro atoms. The molecule has 2 rings (SSSR count). The van der Waals surface area contributed by atoms with Crippen LogP contribution in [0.15, 0.2) is 60.7 Å². The number of hydrogen-bond donors (Lipinski definition) is 1. The molecule has 0 radical (unpaired) electrons. The van der Waals surface area contributed by atoms with E-state index in [1.165, 1.54) is 11.1 Å². The van der Waals surface area contributed by atoms with Crippen LogP contribution in [-0.4, -0.2) is 38.0 Å². The van der Waals surface area contributed by atoms with Crippen molar-refractivity contribution in [1.29, 1.82) is 0 Å². The van der Waals surface area contributed by atoms with Gasteiger partial charge in [-0.2, -0.15) is 0 Å². The van der Waals surface area contributed by atoms with Gasteiger partial charge in [-0.05, 0) is 31.6 Å². The third-order valence-electron chi connectivity index (χ3n) is 3.60. The van der Waals surface area contributed by atoms with Gasteiger partial charge in [-0.25, -0.2) is 0 Å². The summed E-state index contributed by atoms with van der Waals surface area (Å²) in [6.07, 6.45) is 0.924. The molecule has 2 aromatic carbocycles. The first-order valence-electron chi connectivity index (χ1n) is 7.65. The zero-order valence-corrected chi connectivity index (χ0v) is 13.3. The Morgan fingerprint density at radius 2 is 1.59 bits per heavy atom. The first-order chi connectivity index (χ1) is 10.6. The van der Waals surface area contributed by atoms with E-state index in [9.17, 15) is 4.79 Å². The minimum absolute atomic E-state index is 0.0685. The number of hydrogen-bond acceptors (Lipinski definition) is 2. The topological polar surface area (TPSA) is 32.3 Å². The molecule has 1 N–H and O–H groups in total. The molecule has 0 bridgehead atoms. The molecule has 2 aromatic rings. The lowest BCUT2D eigenvalue weighted by molar-refractivity contribution is -0.121. The maximum absolute atomic E-state index is 11.9. The number of nitrogens with zero attached hydrogens (tertiary/aromatic N) is 1. The predicted octanol–water partition coefficient (Wildman–Crippen LogP) is 2.69. The van der Waals surface area contributed by atoms with Crippen molar-refractivity contribution in [2.24, 2.45) is 0 Å². The van der Waals surface area contributed by atoms with Crippen molar-refractivity contribution in [2.75, 3.05) is 27.2 Å². The van der Waals surface area contributed by atoms with Crippen LogP contribution in [0.5, 0.6) is 0 Å². The fourth-order valence-corrected chi connectivity index (χ4v) is 2.51. The molecular weight excluding hydrogens is 272 g/mol. The van der Waals surface area contributed by atoms with Crippen LogP contribution in [0.4, 0.5) is 0 Å². The van der Waals surface area contributed by atoms with Gasteiger partial charge in [0.15, 0.2) is 0 Å². The largest absolute Gasteiger partial charge is 0.354 e. The van der Waals surface area contributed by atoms with Crippen LogP contribution in [0, 0.1) is 0 Å². The highest BCUT2D eigenvalue weighted by Gasteiger charge is 2.14. The summed E-state index contributed by atoms with van der Waals surface area (Å²) < 4.78 is 0. The average Bonchev–Trinajstić information content (AvgIpc) is 2.52. The normalized spacial score (nSPS) is 12.1. The van der Waals surface area contributed by atoms with E-state index in [1.807, 2.05) is 31.1 Å².